The first-order chi connectivity index (χ1) is 15.8. The number of aromatic nitrogens is 3. The maximum absolute atomic E-state index is 12.9. The van der Waals surface area contributed by atoms with Gasteiger partial charge in [0.2, 0.25) is 0 Å². The second-order valence-corrected chi connectivity index (χ2v) is 9.87. The molecule has 9 nitrogen and oxygen atoms in total. The summed E-state index contributed by atoms with van der Waals surface area (Å²) in [6, 6.07) is 15.8. The van der Waals surface area contributed by atoms with Crippen LogP contribution in [0, 0.1) is 0 Å². The molecule has 0 atom stereocenters. The lowest BCUT2D eigenvalue weighted by atomic mass is 10.1. The van der Waals surface area contributed by atoms with Gasteiger partial charge in [0, 0.05) is 25.0 Å². The molecule has 1 aliphatic rings. The number of rotatable bonds is 5. The third kappa shape index (κ3) is 4.00. The van der Waals surface area contributed by atoms with Crippen LogP contribution in [0.25, 0.3) is 5.65 Å². The molecule has 0 saturated carbocycles. The predicted molar refractivity (Wildman–Crippen MR) is 123 cm³/mol. The molecular weight excluding hydrogens is 442 g/mol. The summed E-state index contributed by atoms with van der Waals surface area (Å²) in [5, 5.41) is 7.39. The molecule has 2 aromatic heterocycles. The van der Waals surface area contributed by atoms with Crippen molar-refractivity contribution in [2.45, 2.75) is 18.0 Å². The van der Waals surface area contributed by atoms with Crippen LogP contribution >= 0.6 is 0 Å². The topological polar surface area (TPSA) is 106 Å². The number of imidazole rings is 1. The van der Waals surface area contributed by atoms with E-state index in [0.717, 1.165) is 12.0 Å². The van der Waals surface area contributed by atoms with Crippen LogP contribution in [0.3, 0.4) is 0 Å². The SMILES string of the molecule is COc1ccc2c(c1)CN(c1ccc3ncc(C(=O)Nc4cccc(S(C)(=O)=O)c4)n3n1)C2. The Morgan fingerprint density at radius 2 is 1.88 bits per heavy atom. The monoisotopic (exact) mass is 463 g/mol. The summed E-state index contributed by atoms with van der Waals surface area (Å²) in [6.07, 6.45) is 2.57. The number of hydrogen-bond donors (Lipinski definition) is 1. The molecule has 0 bridgehead atoms. The predicted octanol–water partition coefficient (Wildman–Crippen LogP) is 2.91. The Morgan fingerprint density at radius 3 is 2.67 bits per heavy atom. The zero-order valence-electron chi connectivity index (χ0n) is 18.0. The number of sulfone groups is 1. The van der Waals surface area contributed by atoms with Crippen molar-refractivity contribution in [3.63, 3.8) is 0 Å². The lowest BCUT2D eigenvalue weighted by Crippen LogP contribution is -2.19. The van der Waals surface area contributed by atoms with Gasteiger partial charge in [0.25, 0.3) is 5.91 Å². The molecule has 1 amide bonds. The largest absolute Gasteiger partial charge is 0.497 e. The number of carbonyl (C=O) groups is 1. The van der Waals surface area contributed by atoms with Crippen molar-refractivity contribution in [3.8, 4) is 5.75 Å². The zero-order valence-corrected chi connectivity index (χ0v) is 18.8. The molecular formula is C23H21N5O4S. The first kappa shape index (κ1) is 21.0. The van der Waals surface area contributed by atoms with E-state index in [0.29, 0.717) is 30.2 Å². The van der Waals surface area contributed by atoms with Crippen molar-refractivity contribution in [1.82, 2.24) is 14.6 Å². The van der Waals surface area contributed by atoms with Gasteiger partial charge in [-0.1, -0.05) is 12.1 Å². The fourth-order valence-electron chi connectivity index (χ4n) is 3.85. The highest BCUT2D eigenvalue weighted by Gasteiger charge is 2.22. The van der Waals surface area contributed by atoms with Crippen molar-refractivity contribution in [2.24, 2.45) is 0 Å². The highest BCUT2D eigenvalue weighted by atomic mass is 32.2. The van der Waals surface area contributed by atoms with Crippen LogP contribution in [0.4, 0.5) is 11.5 Å². The third-order valence-corrected chi connectivity index (χ3v) is 6.67. The molecule has 10 heteroatoms. The van der Waals surface area contributed by atoms with Gasteiger partial charge in [-0.05, 0) is 53.6 Å². The van der Waals surface area contributed by atoms with Crippen LogP contribution < -0.4 is 15.0 Å². The van der Waals surface area contributed by atoms with Gasteiger partial charge < -0.3 is 15.0 Å². The van der Waals surface area contributed by atoms with Gasteiger partial charge in [-0.25, -0.2) is 17.9 Å². The van der Waals surface area contributed by atoms with Gasteiger partial charge >= 0.3 is 0 Å². The highest BCUT2D eigenvalue weighted by molar-refractivity contribution is 7.90. The maximum atomic E-state index is 12.9. The van der Waals surface area contributed by atoms with Crippen molar-refractivity contribution >= 4 is 32.9 Å². The molecule has 0 fully saturated rings. The number of methoxy groups -OCH3 is 1. The minimum atomic E-state index is -3.39. The van der Waals surface area contributed by atoms with E-state index >= 15 is 0 Å². The van der Waals surface area contributed by atoms with Gasteiger partial charge in [-0.2, -0.15) is 0 Å². The summed E-state index contributed by atoms with van der Waals surface area (Å²) in [4.78, 5) is 19.5. The number of nitrogens with zero attached hydrogens (tertiary/aromatic N) is 4. The number of fused-ring (bicyclic) bond motifs is 2. The smallest absolute Gasteiger partial charge is 0.276 e. The summed E-state index contributed by atoms with van der Waals surface area (Å²) in [5.41, 5.74) is 3.53. The quantitative estimate of drug-likeness (QED) is 0.485. The maximum Gasteiger partial charge on any atom is 0.276 e. The first-order valence-electron chi connectivity index (χ1n) is 10.2. The average molecular weight is 464 g/mol. The van der Waals surface area contributed by atoms with E-state index in [9.17, 15) is 13.2 Å². The molecule has 5 rings (SSSR count). The molecule has 168 valence electrons. The Bertz CT molecular complexity index is 1500. The standard InChI is InChI=1S/C23H21N5O4S/c1-32-18-7-6-15-13-27(14-16(15)10-18)22-9-8-21-24-12-20(28(21)26-22)23(29)25-17-4-3-5-19(11-17)33(2,30)31/h3-12H,13-14H2,1-2H3,(H,25,29). The van der Waals surface area contributed by atoms with Gasteiger partial charge in [0.1, 0.15) is 11.6 Å². The fraction of sp³-hybridized carbons (Fsp3) is 0.174. The lowest BCUT2D eigenvalue weighted by Gasteiger charge is -2.16. The number of carbonyl (C=O) groups excluding carboxylic acids is 1. The molecule has 0 radical (unpaired) electrons. The fourth-order valence-corrected chi connectivity index (χ4v) is 4.51. The summed E-state index contributed by atoms with van der Waals surface area (Å²) < 4.78 is 30.4. The molecule has 33 heavy (non-hydrogen) atoms. The summed E-state index contributed by atoms with van der Waals surface area (Å²) >= 11 is 0. The zero-order chi connectivity index (χ0) is 23.2. The van der Waals surface area contributed by atoms with Crippen LogP contribution in [0.15, 0.2) is 65.7 Å². The minimum Gasteiger partial charge on any atom is -0.497 e. The summed E-state index contributed by atoms with van der Waals surface area (Å²) in [5.74, 6) is 1.09. The van der Waals surface area contributed by atoms with E-state index in [4.69, 9.17) is 4.74 Å². The van der Waals surface area contributed by atoms with Crippen LogP contribution in [0.5, 0.6) is 5.75 Å². The number of benzene rings is 2. The van der Waals surface area contributed by atoms with Crippen molar-refractivity contribution in [1.29, 1.82) is 0 Å². The Balaban J connectivity index is 1.42. The van der Waals surface area contributed by atoms with Crippen molar-refractivity contribution in [2.75, 3.05) is 23.6 Å². The molecule has 0 saturated heterocycles. The highest BCUT2D eigenvalue weighted by Crippen LogP contribution is 2.30. The van der Waals surface area contributed by atoms with E-state index in [1.807, 2.05) is 30.3 Å². The molecule has 1 aliphatic heterocycles. The Kier molecular flexibility index (Phi) is 5.01. The number of amides is 1. The Labute approximate surface area is 190 Å². The lowest BCUT2D eigenvalue weighted by molar-refractivity contribution is 0.102. The van der Waals surface area contributed by atoms with E-state index < -0.39 is 15.7 Å². The van der Waals surface area contributed by atoms with Crippen LogP contribution in [-0.2, 0) is 22.9 Å². The van der Waals surface area contributed by atoms with E-state index in [1.54, 1.807) is 19.2 Å². The molecule has 4 aromatic rings. The molecule has 0 unspecified atom stereocenters. The third-order valence-electron chi connectivity index (χ3n) is 5.56. The van der Waals surface area contributed by atoms with E-state index in [2.05, 4.69) is 20.3 Å². The second-order valence-electron chi connectivity index (χ2n) is 7.85. The minimum absolute atomic E-state index is 0.129. The number of nitrogens with one attached hydrogen (secondary N) is 1. The van der Waals surface area contributed by atoms with Crippen LogP contribution in [0.2, 0.25) is 0 Å². The normalized spacial score (nSPS) is 13.2. The van der Waals surface area contributed by atoms with E-state index in [1.165, 1.54) is 34.0 Å². The van der Waals surface area contributed by atoms with Gasteiger partial charge in [-0.15, -0.1) is 5.10 Å². The van der Waals surface area contributed by atoms with Crippen molar-refractivity contribution < 1.29 is 17.9 Å². The molecule has 1 N–H and O–H groups in total. The van der Waals surface area contributed by atoms with Gasteiger partial charge in [0.15, 0.2) is 21.2 Å². The summed E-state index contributed by atoms with van der Waals surface area (Å²) in [6.45, 7) is 1.38. The Morgan fingerprint density at radius 1 is 1.06 bits per heavy atom. The molecule has 2 aromatic carbocycles. The van der Waals surface area contributed by atoms with Crippen LogP contribution in [-0.4, -0.2) is 42.3 Å². The number of hydrogen-bond acceptors (Lipinski definition) is 7. The first-order valence-corrected chi connectivity index (χ1v) is 12.1. The van der Waals surface area contributed by atoms with Crippen LogP contribution in [0.1, 0.15) is 21.6 Å². The summed E-state index contributed by atoms with van der Waals surface area (Å²) in [7, 11) is -1.74. The second kappa shape index (κ2) is 7.89. The number of anilines is 2. The average Bonchev–Trinajstić information content (AvgIpc) is 3.41. The van der Waals surface area contributed by atoms with Gasteiger partial charge in [-0.3, -0.25) is 4.79 Å². The van der Waals surface area contributed by atoms with Crippen molar-refractivity contribution in [3.05, 3.63) is 77.6 Å². The number of ether oxygens (including phenoxy) is 1. The molecule has 0 spiro atoms. The van der Waals surface area contributed by atoms with E-state index in [-0.39, 0.29) is 10.6 Å². The molecule has 3 heterocycles. The van der Waals surface area contributed by atoms with Gasteiger partial charge in [0.05, 0.1) is 18.2 Å². The molecule has 0 aliphatic carbocycles. The Hall–Kier alpha value is -3.92.